The number of fused-ring (bicyclic) bond motifs is 1. The second kappa shape index (κ2) is 6.45. The summed E-state index contributed by atoms with van der Waals surface area (Å²) in [5.74, 6) is 1.69. The molecule has 1 saturated carbocycles. The van der Waals surface area contributed by atoms with Crippen LogP contribution in [0, 0.1) is 23.2 Å². The quantitative estimate of drug-likeness (QED) is 0.915. The fraction of sp³-hybridized carbons (Fsp3) is 0.381. The molecule has 26 heavy (non-hydrogen) atoms. The normalized spacial score (nSPS) is 24.5. The number of nitrogens with zero attached hydrogens (tertiary/aromatic N) is 3. The SMILES string of the molecule is CC(=O)N1c2ccccc2[C@H](Nc2ccc(C#N)cn2)[C@@H](C)[C@@H]1C1CC1. The number of carbonyl (C=O) groups is 1. The van der Waals surface area contributed by atoms with Gasteiger partial charge in [0.05, 0.1) is 11.6 Å². The number of rotatable bonds is 3. The molecule has 0 unspecified atom stereocenters. The van der Waals surface area contributed by atoms with E-state index in [1.807, 2.05) is 29.2 Å². The summed E-state index contributed by atoms with van der Waals surface area (Å²) in [6, 6.07) is 14.1. The third-order valence-electron chi connectivity index (χ3n) is 5.53. The molecule has 1 aromatic carbocycles. The highest BCUT2D eigenvalue weighted by molar-refractivity contribution is 5.94. The van der Waals surface area contributed by atoms with Gasteiger partial charge < -0.3 is 10.2 Å². The molecule has 5 nitrogen and oxygen atoms in total. The van der Waals surface area contributed by atoms with Crippen LogP contribution < -0.4 is 10.2 Å². The lowest BCUT2D eigenvalue weighted by atomic mass is 9.80. The molecular formula is C21H22N4O. The van der Waals surface area contributed by atoms with Gasteiger partial charge in [-0.15, -0.1) is 0 Å². The molecule has 1 N–H and O–H groups in total. The number of anilines is 2. The van der Waals surface area contributed by atoms with Crippen molar-refractivity contribution in [2.24, 2.45) is 11.8 Å². The van der Waals surface area contributed by atoms with E-state index < -0.39 is 0 Å². The standard InChI is InChI=1S/C21H22N4O/c1-13-20(24-19-10-7-15(11-22)12-23-19)17-5-3-4-6-18(17)25(14(2)26)21(13)16-8-9-16/h3-7,10,12-13,16,20-21H,8-9H2,1-2H3,(H,23,24)/t13-,20-,21-/m1/s1. The number of amides is 1. The number of nitrogens with one attached hydrogen (secondary N) is 1. The van der Waals surface area contributed by atoms with Gasteiger partial charge >= 0.3 is 0 Å². The molecule has 3 atom stereocenters. The van der Waals surface area contributed by atoms with Crippen LogP contribution in [0.5, 0.6) is 0 Å². The van der Waals surface area contributed by atoms with Crippen LogP contribution in [0.4, 0.5) is 11.5 Å². The summed E-state index contributed by atoms with van der Waals surface area (Å²) >= 11 is 0. The average Bonchev–Trinajstić information content (AvgIpc) is 3.48. The molecule has 1 fully saturated rings. The van der Waals surface area contributed by atoms with Crippen LogP contribution >= 0.6 is 0 Å². The number of carbonyl (C=O) groups excluding carboxylic acids is 1. The first-order valence-electron chi connectivity index (χ1n) is 9.11. The number of aromatic nitrogens is 1. The largest absolute Gasteiger partial charge is 0.363 e. The first-order chi connectivity index (χ1) is 12.6. The van der Waals surface area contributed by atoms with Crippen LogP contribution in [0.1, 0.15) is 43.9 Å². The molecule has 0 spiro atoms. The van der Waals surface area contributed by atoms with Gasteiger partial charge in [0.15, 0.2) is 0 Å². The van der Waals surface area contributed by atoms with E-state index in [0.717, 1.165) is 17.1 Å². The molecule has 1 aromatic heterocycles. The Morgan fingerprint density at radius 2 is 2.04 bits per heavy atom. The van der Waals surface area contributed by atoms with E-state index in [4.69, 9.17) is 5.26 Å². The molecule has 1 amide bonds. The monoisotopic (exact) mass is 346 g/mol. The lowest BCUT2D eigenvalue weighted by molar-refractivity contribution is -0.117. The van der Waals surface area contributed by atoms with Gasteiger partial charge in [0.1, 0.15) is 11.9 Å². The lowest BCUT2D eigenvalue weighted by Crippen LogP contribution is -2.51. The maximum atomic E-state index is 12.4. The molecule has 132 valence electrons. The summed E-state index contributed by atoms with van der Waals surface area (Å²) in [4.78, 5) is 18.8. The number of benzene rings is 1. The van der Waals surface area contributed by atoms with Crippen molar-refractivity contribution in [3.05, 3.63) is 53.7 Å². The number of pyridine rings is 1. The zero-order valence-corrected chi connectivity index (χ0v) is 15.0. The van der Waals surface area contributed by atoms with E-state index in [2.05, 4.69) is 29.4 Å². The molecular weight excluding hydrogens is 324 g/mol. The van der Waals surface area contributed by atoms with Gasteiger partial charge in [-0.3, -0.25) is 4.79 Å². The predicted octanol–water partition coefficient (Wildman–Crippen LogP) is 3.89. The lowest BCUT2D eigenvalue weighted by Gasteiger charge is -2.45. The van der Waals surface area contributed by atoms with Crippen LogP contribution in [0.15, 0.2) is 42.6 Å². The zero-order chi connectivity index (χ0) is 18.3. The average molecular weight is 346 g/mol. The summed E-state index contributed by atoms with van der Waals surface area (Å²) in [7, 11) is 0. The van der Waals surface area contributed by atoms with Crippen molar-refractivity contribution in [2.75, 3.05) is 10.2 Å². The van der Waals surface area contributed by atoms with Crippen molar-refractivity contribution in [1.82, 2.24) is 4.98 Å². The Labute approximate surface area is 153 Å². The first-order valence-corrected chi connectivity index (χ1v) is 9.11. The summed E-state index contributed by atoms with van der Waals surface area (Å²) < 4.78 is 0. The third-order valence-corrected chi connectivity index (χ3v) is 5.53. The molecule has 1 aliphatic heterocycles. The van der Waals surface area contributed by atoms with Crippen LogP contribution in [-0.2, 0) is 4.79 Å². The fourth-order valence-electron chi connectivity index (χ4n) is 4.22. The second-order valence-electron chi connectivity index (χ2n) is 7.30. The van der Waals surface area contributed by atoms with E-state index in [-0.39, 0.29) is 23.9 Å². The van der Waals surface area contributed by atoms with Crippen LogP contribution in [-0.4, -0.2) is 16.9 Å². The maximum absolute atomic E-state index is 12.4. The highest BCUT2D eigenvalue weighted by atomic mass is 16.2. The summed E-state index contributed by atoms with van der Waals surface area (Å²) in [5, 5.41) is 12.5. The van der Waals surface area contributed by atoms with Crippen molar-refractivity contribution >= 4 is 17.4 Å². The van der Waals surface area contributed by atoms with Crippen LogP contribution in [0.2, 0.25) is 0 Å². The van der Waals surface area contributed by atoms with E-state index in [1.165, 1.54) is 12.8 Å². The minimum absolute atomic E-state index is 0.0767. The molecule has 1 aliphatic carbocycles. The Morgan fingerprint density at radius 3 is 2.65 bits per heavy atom. The number of hydrogen-bond donors (Lipinski definition) is 1. The van der Waals surface area contributed by atoms with E-state index in [9.17, 15) is 4.79 Å². The Hall–Kier alpha value is -2.87. The molecule has 2 heterocycles. The third kappa shape index (κ3) is 2.82. The van der Waals surface area contributed by atoms with Gasteiger partial charge in [0.25, 0.3) is 0 Å². The van der Waals surface area contributed by atoms with Gasteiger partial charge in [0.2, 0.25) is 5.91 Å². The second-order valence-corrected chi connectivity index (χ2v) is 7.30. The molecule has 0 radical (unpaired) electrons. The van der Waals surface area contributed by atoms with E-state index in [1.54, 1.807) is 19.2 Å². The van der Waals surface area contributed by atoms with Gasteiger partial charge in [-0.2, -0.15) is 5.26 Å². The summed E-state index contributed by atoms with van der Waals surface area (Å²) in [6.07, 6.45) is 3.95. The number of para-hydroxylation sites is 1. The van der Waals surface area contributed by atoms with Crippen LogP contribution in [0.3, 0.4) is 0 Å². The highest BCUT2D eigenvalue weighted by Crippen LogP contribution is 2.49. The minimum Gasteiger partial charge on any atom is -0.363 e. The molecule has 5 heteroatoms. The van der Waals surface area contributed by atoms with Crippen molar-refractivity contribution in [3.63, 3.8) is 0 Å². The predicted molar refractivity (Wildman–Crippen MR) is 101 cm³/mol. The minimum atomic E-state index is 0.0767. The zero-order valence-electron chi connectivity index (χ0n) is 15.0. The molecule has 2 aromatic rings. The van der Waals surface area contributed by atoms with Crippen molar-refractivity contribution in [3.8, 4) is 6.07 Å². The molecule has 2 aliphatic rings. The van der Waals surface area contributed by atoms with Gasteiger partial charge in [-0.1, -0.05) is 25.1 Å². The molecule has 0 bridgehead atoms. The fourth-order valence-corrected chi connectivity index (χ4v) is 4.22. The first kappa shape index (κ1) is 16.6. The topological polar surface area (TPSA) is 69.0 Å². The maximum Gasteiger partial charge on any atom is 0.224 e. The van der Waals surface area contributed by atoms with Crippen molar-refractivity contribution in [2.45, 2.75) is 38.8 Å². The number of nitriles is 1. The summed E-state index contributed by atoms with van der Waals surface area (Å²) in [6.45, 7) is 3.88. The Balaban J connectivity index is 1.74. The van der Waals surface area contributed by atoms with Crippen LogP contribution in [0.25, 0.3) is 0 Å². The highest BCUT2D eigenvalue weighted by Gasteiger charge is 2.47. The van der Waals surface area contributed by atoms with Gasteiger partial charge in [0, 0.05) is 30.8 Å². The van der Waals surface area contributed by atoms with Gasteiger partial charge in [-0.25, -0.2) is 4.98 Å². The number of hydrogen-bond acceptors (Lipinski definition) is 4. The van der Waals surface area contributed by atoms with Crippen molar-refractivity contribution in [1.29, 1.82) is 5.26 Å². The Morgan fingerprint density at radius 1 is 1.27 bits per heavy atom. The Kier molecular flexibility index (Phi) is 4.12. The van der Waals surface area contributed by atoms with E-state index >= 15 is 0 Å². The van der Waals surface area contributed by atoms with Gasteiger partial charge in [-0.05, 0) is 42.5 Å². The van der Waals surface area contributed by atoms with Crippen molar-refractivity contribution < 1.29 is 4.79 Å². The summed E-state index contributed by atoms with van der Waals surface area (Å²) in [5.41, 5.74) is 2.67. The smallest absolute Gasteiger partial charge is 0.224 e. The molecule has 0 saturated heterocycles. The molecule has 4 rings (SSSR count). The van der Waals surface area contributed by atoms with E-state index in [0.29, 0.717) is 11.5 Å². The Bertz CT molecular complexity index is 866.